The molecule has 0 saturated carbocycles. The van der Waals surface area contributed by atoms with E-state index in [2.05, 4.69) is 5.32 Å². The van der Waals surface area contributed by atoms with Crippen molar-refractivity contribution in [2.75, 3.05) is 6.54 Å². The summed E-state index contributed by atoms with van der Waals surface area (Å²) in [6.07, 6.45) is 0. The van der Waals surface area contributed by atoms with Crippen molar-refractivity contribution in [2.24, 2.45) is 0 Å². The van der Waals surface area contributed by atoms with E-state index < -0.39 is 30.0 Å². The fourth-order valence-corrected chi connectivity index (χ4v) is 2.05. The largest absolute Gasteiger partial charge is 0.548 e. The Morgan fingerprint density at radius 1 is 1.32 bits per heavy atom. The number of urea groups is 1. The molecule has 0 spiro atoms. The second-order valence-corrected chi connectivity index (χ2v) is 4.68. The topological polar surface area (TPSA) is 89.5 Å². The molecular formula is C13H13N2O4-. The molecule has 6 nitrogen and oxygen atoms in total. The molecule has 1 aliphatic rings. The Hall–Kier alpha value is -2.37. The molecular weight excluding hydrogens is 248 g/mol. The summed E-state index contributed by atoms with van der Waals surface area (Å²) in [7, 11) is 0. The van der Waals surface area contributed by atoms with E-state index in [1.807, 2.05) is 19.1 Å². The molecule has 0 aromatic heterocycles. The molecule has 1 saturated heterocycles. The number of carboxylic acid groups (broad SMARTS) is 1. The molecule has 6 heteroatoms. The molecule has 0 aliphatic carbocycles. The summed E-state index contributed by atoms with van der Waals surface area (Å²) in [5.74, 6) is -2.07. The lowest BCUT2D eigenvalue weighted by molar-refractivity contribution is -0.305. The number of amides is 3. The highest BCUT2D eigenvalue weighted by atomic mass is 16.4. The van der Waals surface area contributed by atoms with Gasteiger partial charge in [-0.15, -0.1) is 0 Å². The predicted molar refractivity (Wildman–Crippen MR) is 63.8 cm³/mol. The fraction of sp³-hybridized carbons (Fsp3) is 0.308. The third-order valence-electron chi connectivity index (χ3n) is 3.19. The van der Waals surface area contributed by atoms with Crippen molar-refractivity contribution in [1.82, 2.24) is 10.2 Å². The van der Waals surface area contributed by atoms with Crippen molar-refractivity contribution >= 4 is 17.9 Å². The monoisotopic (exact) mass is 261 g/mol. The minimum atomic E-state index is -1.48. The van der Waals surface area contributed by atoms with Crippen LogP contribution >= 0.6 is 0 Å². The van der Waals surface area contributed by atoms with Crippen LogP contribution in [0.5, 0.6) is 0 Å². The number of rotatable bonds is 3. The molecule has 0 radical (unpaired) electrons. The third-order valence-corrected chi connectivity index (χ3v) is 3.19. The maximum absolute atomic E-state index is 12.2. The number of hydrogen-bond acceptors (Lipinski definition) is 4. The molecule has 1 aliphatic heterocycles. The number of benzene rings is 1. The summed E-state index contributed by atoms with van der Waals surface area (Å²) < 4.78 is 0. The van der Waals surface area contributed by atoms with Gasteiger partial charge >= 0.3 is 6.03 Å². The van der Waals surface area contributed by atoms with E-state index >= 15 is 0 Å². The lowest BCUT2D eigenvalue weighted by Gasteiger charge is -2.22. The summed E-state index contributed by atoms with van der Waals surface area (Å²) in [6, 6.07) is 6.38. The van der Waals surface area contributed by atoms with Crippen molar-refractivity contribution < 1.29 is 19.5 Å². The zero-order valence-electron chi connectivity index (χ0n) is 10.6. The second-order valence-electron chi connectivity index (χ2n) is 4.68. The number of aryl methyl sites for hydroxylation is 1. The van der Waals surface area contributed by atoms with Gasteiger partial charge in [0.05, 0.1) is 12.5 Å². The van der Waals surface area contributed by atoms with Gasteiger partial charge in [-0.2, -0.15) is 0 Å². The Labute approximate surface area is 110 Å². The van der Waals surface area contributed by atoms with Gasteiger partial charge < -0.3 is 15.2 Å². The van der Waals surface area contributed by atoms with Crippen molar-refractivity contribution in [3.8, 4) is 0 Å². The first-order valence-corrected chi connectivity index (χ1v) is 5.75. The first-order chi connectivity index (χ1) is 8.84. The molecule has 1 aromatic carbocycles. The van der Waals surface area contributed by atoms with E-state index in [0.29, 0.717) is 10.5 Å². The van der Waals surface area contributed by atoms with Crippen molar-refractivity contribution in [1.29, 1.82) is 0 Å². The van der Waals surface area contributed by atoms with Crippen molar-refractivity contribution in [2.45, 2.75) is 19.4 Å². The molecule has 0 bridgehead atoms. The first-order valence-electron chi connectivity index (χ1n) is 5.75. The van der Waals surface area contributed by atoms with Crippen LogP contribution in [0.15, 0.2) is 24.3 Å². The van der Waals surface area contributed by atoms with Crippen LogP contribution in [-0.2, 0) is 15.1 Å². The summed E-state index contributed by atoms with van der Waals surface area (Å²) >= 11 is 0. The average Bonchev–Trinajstić information content (AvgIpc) is 2.54. The second kappa shape index (κ2) is 4.38. The van der Waals surface area contributed by atoms with Crippen LogP contribution in [0.4, 0.5) is 4.79 Å². The lowest BCUT2D eigenvalue weighted by Crippen LogP contribution is -2.43. The maximum atomic E-state index is 12.2. The van der Waals surface area contributed by atoms with Gasteiger partial charge in [0.15, 0.2) is 0 Å². The van der Waals surface area contributed by atoms with Crippen molar-refractivity contribution in [3.05, 3.63) is 35.4 Å². The third kappa shape index (κ3) is 2.16. The highest BCUT2D eigenvalue weighted by Crippen LogP contribution is 2.28. The minimum Gasteiger partial charge on any atom is -0.548 e. The molecule has 1 heterocycles. The van der Waals surface area contributed by atoms with E-state index in [9.17, 15) is 19.5 Å². The van der Waals surface area contributed by atoms with Crippen LogP contribution in [0, 0.1) is 6.92 Å². The van der Waals surface area contributed by atoms with Crippen LogP contribution in [0.25, 0.3) is 0 Å². The molecule has 19 heavy (non-hydrogen) atoms. The number of nitrogens with zero attached hydrogens (tertiary/aromatic N) is 1. The van der Waals surface area contributed by atoms with Gasteiger partial charge in [0.1, 0.15) is 5.54 Å². The highest BCUT2D eigenvalue weighted by Gasteiger charge is 2.48. The Bertz CT molecular complexity index is 552. The maximum Gasteiger partial charge on any atom is 0.325 e. The summed E-state index contributed by atoms with van der Waals surface area (Å²) in [5, 5.41) is 13.1. The zero-order chi connectivity index (χ0) is 14.2. The smallest absolute Gasteiger partial charge is 0.325 e. The van der Waals surface area contributed by atoms with Crippen LogP contribution in [0.1, 0.15) is 18.1 Å². The standard InChI is InChI=1S/C13H14N2O4/c1-8-3-5-9(6-4-8)13(2)11(18)15(7-10(16)17)12(19)14-13/h3-6H,7H2,1-2H3,(H,14,19)(H,16,17)/p-1/t13-/m1/s1. The number of nitrogens with one attached hydrogen (secondary N) is 1. The van der Waals surface area contributed by atoms with Gasteiger partial charge in [-0.05, 0) is 19.4 Å². The van der Waals surface area contributed by atoms with Crippen LogP contribution in [-0.4, -0.2) is 29.4 Å². The summed E-state index contributed by atoms with van der Waals surface area (Å²) in [4.78, 5) is 35.1. The molecule has 0 unspecified atom stereocenters. The van der Waals surface area contributed by atoms with Gasteiger partial charge in [-0.3, -0.25) is 9.69 Å². The summed E-state index contributed by atoms with van der Waals surface area (Å²) in [6.45, 7) is 2.71. The van der Waals surface area contributed by atoms with E-state index in [4.69, 9.17) is 0 Å². The van der Waals surface area contributed by atoms with Gasteiger partial charge in [-0.25, -0.2) is 4.79 Å². The predicted octanol–water partition coefficient (Wildman–Crippen LogP) is -0.488. The number of aliphatic carboxylic acids is 1. The lowest BCUT2D eigenvalue weighted by atomic mass is 9.91. The van der Waals surface area contributed by atoms with Gasteiger partial charge in [0.25, 0.3) is 5.91 Å². The minimum absolute atomic E-state index is 0.592. The Kier molecular flexibility index (Phi) is 3.01. The van der Waals surface area contributed by atoms with Crippen LogP contribution < -0.4 is 10.4 Å². The number of carboxylic acids is 1. The number of imide groups is 1. The Morgan fingerprint density at radius 3 is 2.42 bits per heavy atom. The zero-order valence-corrected chi connectivity index (χ0v) is 10.6. The Balaban J connectivity index is 2.35. The van der Waals surface area contributed by atoms with Gasteiger partial charge in [0, 0.05) is 0 Å². The van der Waals surface area contributed by atoms with Crippen LogP contribution in [0.2, 0.25) is 0 Å². The Morgan fingerprint density at radius 2 is 1.89 bits per heavy atom. The number of carbonyl (C=O) groups excluding carboxylic acids is 3. The highest BCUT2D eigenvalue weighted by molar-refractivity contribution is 6.08. The van der Waals surface area contributed by atoms with E-state index in [-0.39, 0.29) is 0 Å². The molecule has 100 valence electrons. The van der Waals surface area contributed by atoms with E-state index in [1.54, 1.807) is 19.1 Å². The van der Waals surface area contributed by atoms with E-state index in [0.717, 1.165) is 5.56 Å². The molecule has 1 N–H and O–H groups in total. The SMILES string of the molecule is Cc1ccc([C@@]2(C)NC(=O)N(CC(=O)[O-])C2=O)cc1. The number of hydrogen-bond donors (Lipinski definition) is 1. The number of carbonyl (C=O) groups is 3. The van der Waals surface area contributed by atoms with Gasteiger partial charge in [-0.1, -0.05) is 29.8 Å². The average molecular weight is 261 g/mol. The quantitative estimate of drug-likeness (QED) is 0.744. The molecule has 1 atom stereocenters. The van der Waals surface area contributed by atoms with Gasteiger partial charge in [0.2, 0.25) is 0 Å². The molecule has 3 amide bonds. The summed E-state index contributed by atoms with van der Waals surface area (Å²) in [5.41, 5.74) is 0.397. The van der Waals surface area contributed by atoms with E-state index in [1.165, 1.54) is 0 Å². The normalized spacial score (nSPS) is 22.5. The molecule has 1 fully saturated rings. The molecule has 1 aromatic rings. The fourth-order valence-electron chi connectivity index (χ4n) is 2.05. The molecule has 2 rings (SSSR count). The van der Waals surface area contributed by atoms with Crippen LogP contribution in [0.3, 0.4) is 0 Å². The van der Waals surface area contributed by atoms with Crippen molar-refractivity contribution in [3.63, 3.8) is 0 Å². The first kappa shape index (κ1) is 13.1.